The fourth-order valence-corrected chi connectivity index (χ4v) is 1.93. The lowest BCUT2D eigenvalue weighted by Crippen LogP contribution is -2.28. The summed E-state index contributed by atoms with van der Waals surface area (Å²) in [4.78, 5) is 23.0. The summed E-state index contributed by atoms with van der Waals surface area (Å²) in [6.07, 6.45) is -3.58. The van der Waals surface area contributed by atoms with E-state index in [-0.39, 0.29) is 12.4 Å². The Kier molecular flexibility index (Phi) is 5.34. The number of nitrogens with zero attached hydrogens (tertiary/aromatic N) is 3. The number of aromatic nitrogens is 4. The van der Waals surface area contributed by atoms with Crippen molar-refractivity contribution in [3.8, 4) is 5.82 Å². The minimum atomic E-state index is -4.84. The van der Waals surface area contributed by atoms with Gasteiger partial charge in [-0.3, -0.25) is 9.59 Å². The SMILES string of the molecule is COCCCNC(=O)c1cnn(-c2ccc(=O)[nH]n2)c1C(F)(F)F. The average molecular weight is 345 g/mol. The van der Waals surface area contributed by atoms with Crippen molar-refractivity contribution in [1.29, 1.82) is 0 Å². The Morgan fingerprint density at radius 3 is 2.75 bits per heavy atom. The first-order valence-electron chi connectivity index (χ1n) is 6.83. The van der Waals surface area contributed by atoms with E-state index in [1.54, 1.807) is 0 Å². The van der Waals surface area contributed by atoms with Crippen molar-refractivity contribution in [1.82, 2.24) is 25.3 Å². The van der Waals surface area contributed by atoms with Gasteiger partial charge in [-0.05, 0) is 12.5 Å². The molecule has 2 rings (SSSR count). The average Bonchev–Trinajstić information content (AvgIpc) is 2.97. The topological polar surface area (TPSA) is 102 Å². The molecule has 11 heteroatoms. The summed E-state index contributed by atoms with van der Waals surface area (Å²) in [5.74, 6) is -1.17. The Morgan fingerprint density at radius 1 is 1.42 bits per heavy atom. The molecular formula is C13H14F3N5O3. The van der Waals surface area contributed by atoms with Gasteiger partial charge >= 0.3 is 6.18 Å². The highest BCUT2D eigenvalue weighted by Gasteiger charge is 2.40. The van der Waals surface area contributed by atoms with Crippen LogP contribution in [-0.4, -0.2) is 46.1 Å². The van der Waals surface area contributed by atoms with Crippen LogP contribution in [0.2, 0.25) is 0 Å². The summed E-state index contributed by atoms with van der Waals surface area (Å²) >= 11 is 0. The van der Waals surface area contributed by atoms with Crippen LogP contribution < -0.4 is 10.9 Å². The van der Waals surface area contributed by atoms with Gasteiger partial charge in [0.25, 0.3) is 11.5 Å². The zero-order valence-electron chi connectivity index (χ0n) is 12.6. The number of carbonyl (C=O) groups excluding carboxylic acids is 1. The van der Waals surface area contributed by atoms with Gasteiger partial charge in [-0.25, -0.2) is 9.78 Å². The number of hydrogen-bond acceptors (Lipinski definition) is 5. The van der Waals surface area contributed by atoms with Crippen molar-refractivity contribution in [2.75, 3.05) is 20.3 Å². The van der Waals surface area contributed by atoms with Crippen molar-refractivity contribution >= 4 is 5.91 Å². The van der Waals surface area contributed by atoms with E-state index in [9.17, 15) is 22.8 Å². The predicted molar refractivity (Wildman–Crippen MR) is 75.8 cm³/mol. The largest absolute Gasteiger partial charge is 0.434 e. The molecule has 0 aliphatic carbocycles. The first kappa shape index (κ1) is 17.7. The van der Waals surface area contributed by atoms with E-state index in [2.05, 4.69) is 15.5 Å². The summed E-state index contributed by atoms with van der Waals surface area (Å²) in [7, 11) is 1.48. The molecule has 24 heavy (non-hydrogen) atoms. The number of alkyl halides is 3. The van der Waals surface area contributed by atoms with Crippen molar-refractivity contribution in [2.24, 2.45) is 0 Å². The Morgan fingerprint density at radius 2 is 2.17 bits per heavy atom. The van der Waals surface area contributed by atoms with E-state index in [0.717, 1.165) is 18.3 Å². The normalized spacial score (nSPS) is 11.5. The highest BCUT2D eigenvalue weighted by atomic mass is 19.4. The summed E-state index contributed by atoms with van der Waals surface area (Å²) in [5.41, 5.74) is -2.48. The number of aromatic amines is 1. The Bertz CT molecular complexity index is 748. The van der Waals surface area contributed by atoms with E-state index < -0.39 is 28.9 Å². The molecule has 2 heterocycles. The van der Waals surface area contributed by atoms with E-state index in [0.29, 0.717) is 17.7 Å². The second-order valence-electron chi connectivity index (χ2n) is 4.70. The highest BCUT2D eigenvalue weighted by molar-refractivity contribution is 5.95. The third-order valence-corrected chi connectivity index (χ3v) is 2.97. The first-order chi connectivity index (χ1) is 11.3. The van der Waals surface area contributed by atoms with Crippen LogP contribution in [0.25, 0.3) is 5.82 Å². The number of halogens is 3. The number of H-pyrrole nitrogens is 1. The number of amides is 1. The lowest BCUT2D eigenvalue weighted by molar-refractivity contribution is -0.143. The fourth-order valence-electron chi connectivity index (χ4n) is 1.93. The molecule has 1 amide bonds. The molecule has 0 aliphatic heterocycles. The second-order valence-corrected chi connectivity index (χ2v) is 4.70. The van der Waals surface area contributed by atoms with Crippen molar-refractivity contribution in [3.05, 3.63) is 39.9 Å². The smallest absolute Gasteiger partial charge is 0.385 e. The van der Waals surface area contributed by atoms with Crippen molar-refractivity contribution in [2.45, 2.75) is 12.6 Å². The lowest BCUT2D eigenvalue weighted by atomic mass is 10.2. The number of methoxy groups -OCH3 is 1. The molecule has 2 N–H and O–H groups in total. The summed E-state index contributed by atoms with van der Waals surface area (Å²) in [5, 5.41) is 11.5. The molecule has 0 unspecified atom stereocenters. The monoisotopic (exact) mass is 345 g/mol. The standard InChI is InChI=1S/C13H14F3N5O3/c1-24-6-2-5-17-12(23)8-7-18-21(11(8)13(14,15)16)9-3-4-10(22)20-19-9/h3-4,7H,2,5-6H2,1H3,(H,17,23)(H,20,22). The van der Waals surface area contributed by atoms with Crippen LogP contribution in [-0.2, 0) is 10.9 Å². The third kappa shape index (κ3) is 3.98. The number of carbonyl (C=O) groups is 1. The van der Waals surface area contributed by atoms with Crippen LogP contribution in [0.5, 0.6) is 0 Å². The molecule has 0 saturated heterocycles. The Labute approximate surface area is 133 Å². The number of hydrogen-bond donors (Lipinski definition) is 2. The van der Waals surface area contributed by atoms with Gasteiger partial charge in [-0.2, -0.15) is 23.4 Å². The number of nitrogens with one attached hydrogen (secondary N) is 2. The van der Waals surface area contributed by atoms with Crippen LogP contribution in [0.3, 0.4) is 0 Å². The quantitative estimate of drug-likeness (QED) is 0.752. The zero-order chi connectivity index (χ0) is 17.7. The molecule has 0 aliphatic rings. The fraction of sp³-hybridized carbons (Fsp3) is 0.385. The maximum Gasteiger partial charge on any atom is 0.434 e. The summed E-state index contributed by atoms with van der Waals surface area (Å²) in [6, 6.07) is 2.08. The first-order valence-corrected chi connectivity index (χ1v) is 6.83. The van der Waals surface area contributed by atoms with Crippen molar-refractivity contribution < 1.29 is 22.7 Å². The Balaban J connectivity index is 2.34. The van der Waals surface area contributed by atoms with Gasteiger partial charge in [-0.1, -0.05) is 0 Å². The van der Waals surface area contributed by atoms with E-state index >= 15 is 0 Å². The third-order valence-electron chi connectivity index (χ3n) is 2.97. The summed E-state index contributed by atoms with van der Waals surface area (Å²) < 4.78 is 45.3. The minimum Gasteiger partial charge on any atom is -0.385 e. The highest BCUT2D eigenvalue weighted by Crippen LogP contribution is 2.33. The van der Waals surface area contributed by atoms with Crippen LogP contribution in [0.1, 0.15) is 22.5 Å². The molecular weight excluding hydrogens is 331 g/mol. The predicted octanol–water partition coefficient (Wildman–Crippen LogP) is 0.741. The molecule has 130 valence electrons. The molecule has 0 fully saturated rings. The molecule has 0 aromatic carbocycles. The van der Waals surface area contributed by atoms with Gasteiger partial charge in [0.05, 0.1) is 11.8 Å². The lowest BCUT2D eigenvalue weighted by Gasteiger charge is -2.12. The van der Waals surface area contributed by atoms with Crippen LogP contribution in [0, 0.1) is 0 Å². The van der Waals surface area contributed by atoms with Gasteiger partial charge in [0, 0.05) is 26.3 Å². The maximum absolute atomic E-state index is 13.3. The molecule has 8 nitrogen and oxygen atoms in total. The van der Waals surface area contributed by atoms with Gasteiger partial charge in [-0.15, -0.1) is 0 Å². The van der Waals surface area contributed by atoms with Crippen LogP contribution in [0.15, 0.2) is 23.1 Å². The molecule has 0 atom stereocenters. The van der Waals surface area contributed by atoms with Crippen LogP contribution >= 0.6 is 0 Å². The molecule has 0 saturated carbocycles. The Hall–Kier alpha value is -2.69. The van der Waals surface area contributed by atoms with E-state index in [1.165, 1.54) is 7.11 Å². The number of ether oxygens (including phenoxy) is 1. The molecule has 0 spiro atoms. The van der Waals surface area contributed by atoms with Gasteiger partial charge in [0.2, 0.25) is 0 Å². The van der Waals surface area contributed by atoms with Crippen molar-refractivity contribution in [3.63, 3.8) is 0 Å². The molecule has 2 aromatic rings. The minimum absolute atomic E-state index is 0.159. The van der Waals surface area contributed by atoms with E-state index in [4.69, 9.17) is 4.74 Å². The molecule has 0 bridgehead atoms. The summed E-state index contributed by atoms with van der Waals surface area (Å²) in [6.45, 7) is 0.527. The van der Waals surface area contributed by atoms with Gasteiger partial charge in [0.15, 0.2) is 11.5 Å². The zero-order valence-corrected chi connectivity index (χ0v) is 12.6. The van der Waals surface area contributed by atoms with Gasteiger partial charge < -0.3 is 10.1 Å². The maximum atomic E-state index is 13.3. The second kappa shape index (κ2) is 7.25. The molecule has 2 aromatic heterocycles. The van der Waals surface area contributed by atoms with Crippen LogP contribution in [0.4, 0.5) is 13.2 Å². The molecule has 0 radical (unpaired) electrons. The van der Waals surface area contributed by atoms with Gasteiger partial charge in [0.1, 0.15) is 0 Å². The number of rotatable bonds is 6. The van der Waals surface area contributed by atoms with E-state index in [1.807, 2.05) is 5.10 Å².